The van der Waals surface area contributed by atoms with Crippen LogP contribution < -0.4 is 18.4 Å². The molecular formula is C20H24O2S2Se2. The van der Waals surface area contributed by atoms with Crippen LogP contribution >= 0.6 is 20.4 Å². The van der Waals surface area contributed by atoms with Gasteiger partial charge in [0, 0.05) is 0 Å². The van der Waals surface area contributed by atoms with Crippen LogP contribution in [-0.2, 0) is 0 Å². The fourth-order valence-corrected chi connectivity index (χ4v) is 15.3. The van der Waals surface area contributed by atoms with Crippen molar-refractivity contribution in [3.63, 3.8) is 0 Å². The molecule has 0 amide bonds. The first-order valence-corrected chi connectivity index (χ1v) is 16.0. The minimum absolute atomic E-state index is 0.264. The molecule has 3 rings (SSSR count). The van der Waals surface area contributed by atoms with Gasteiger partial charge in [-0.25, -0.2) is 0 Å². The summed E-state index contributed by atoms with van der Waals surface area (Å²) in [6.45, 7) is 9.11. The molecule has 1 aliphatic heterocycles. The van der Waals surface area contributed by atoms with Crippen molar-refractivity contribution in [1.29, 1.82) is 0 Å². The molecule has 0 saturated heterocycles. The second-order valence-corrected chi connectivity index (χ2v) is 14.1. The van der Waals surface area contributed by atoms with E-state index in [2.05, 4.69) is 52.0 Å². The van der Waals surface area contributed by atoms with Crippen LogP contribution in [-0.4, -0.2) is 41.9 Å². The number of methoxy groups -OCH3 is 2. The zero-order valence-corrected chi connectivity index (χ0v) is 21.0. The summed E-state index contributed by atoms with van der Waals surface area (Å²) in [7, 11) is 7.59. The fourth-order valence-electron chi connectivity index (χ4n) is 2.85. The van der Waals surface area contributed by atoms with Crippen LogP contribution in [0, 0.1) is 0 Å². The van der Waals surface area contributed by atoms with Crippen molar-refractivity contribution < 1.29 is 9.47 Å². The average Bonchev–Trinajstić information content (AvgIpc) is 2.61. The summed E-state index contributed by atoms with van der Waals surface area (Å²) in [5.41, 5.74) is 2.88. The van der Waals surface area contributed by atoms with Crippen LogP contribution in [0.4, 0.5) is 0 Å². The molecule has 0 aromatic heterocycles. The molecule has 0 N–H and O–H groups in total. The van der Waals surface area contributed by atoms with Crippen molar-refractivity contribution in [2.24, 2.45) is 0 Å². The molecule has 0 radical (unpaired) electrons. The number of rotatable bonds is 4. The van der Waals surface area contributed by atoms with Crippen molar-refractivity contribution in [3.8, 4) is 11.5 Å². The SMILES string of the molecule is COc1ccc(C(C)C)c2c1[Se]Sc1c(C(C)C)ccc(OC)c1[Se]S2. The van der Waals surface area contributed by atoms with Gasteiger partial charge in [-0.2, -0.15) is 0 Å². The Labute approximate surface area is 176 Å². The van der Waals surface area contributed by atoms with Crippen molar-refractivity contribution >= 4 is 57.0 Å². The predicted octanol–water partition coefficient (Wildman–Crippen LogP) is 4.34. The number of ether oxygens (including phenoxy) is 2. The molecule has 0 bridgehead atoms. The van der Waals surface area contributed by atoms with E-state index in [1.165, 1.54) is 29.8 Å². The monoisotopic (exact) mass is 520 g/mol. The summed E-state index contributed by atoms with van der Waals surface area (Å²) < 4.78 is 14.3. The molecule has 0 atom stereocenters. The Morgan fingerprint density at radius 2 is 1.08 bits per heavy atom. The third-order valence-corrected chi connectivity index (χ3v) is 13.6. The molecule has 1 heterocycles. The molecule has 0 spiro atoms. The van der Waals surface area contributed by atoms with Crippen LogP contribution in [0.2, 0.25) is 0 Å². The Balaban J connectivity index is 2.13. The molecule has 0 aliphatic carbocycles. The molecule has 2 nitrogen and oxygen atoms in total. The molecule has 0 fully saturated rings. The number of hydrogen-bond acceptors (Lipinski definition) is 4. The minimum atomic E-state index is 0.264. The molecule has 6 heteroatoms. The van der Waals surface area contributed by atoms with Crippen LogP contribution in [0.25, 0.3) is 0 Å². The van der Waals surface area contributed by atoms with E-state index in [1.807, 2.05) is 20.4 Å². The number of fused-ring (bicyclic) bond motifs is 2. The van der Waals surface area contributed by atoms with Crippen molar-refractivity contribution in [3.05, 3.63) is 35.4 Å². The molecular weight excluding hydrogens is 494 g/mol. The molecule has 2 aromatic rings. The third kappa shape index (κ3) is 3.97. The van der Waals surface area contributed by atoms with Crippen LogP contribution in [0.15, 0.2) is 34.1 Å². The van der Waals surface area contributed by atoms with Gasteiger partial charge in [0.05, 0.1) is 0 Å². The fraction of sp³-hybridized carbons (Fsp3) is 0.400. The van der Waals surface area contributed by atoms with Gasteiger partial charge >= 0.3 is 177 Å². The topological polar surface area (TPSA) is 18.5 Å². The van der Waals surface area contributed by atoms with Gasteiger partial charge in [-0.1, -0.05) is 0 Å². The molecule has 1 aliphatic rings. The Morgan fingerprint density at radius 3 is 1.38 bits per heavy atom. The second-order valence-electron chi connectivity index (χ2n) is 6.67. The van der Waals surface area contributed by atoms with Gasteiger partial charge in [0.15, 0.2) is 0 Å². The first-order valence-electron chi connectivity index (χ1n) is 8.58. The number of hydrogen-bond donors (Lipinski definition) is 0. The Kier molecular flexibility index (Phi) is 6.99. The summed E-state index contributed by atoms with van der Waals surface area (Å²) in [6.07, 6.45) is 0. The molecule has 0 saturated carbocycles. The van der Waals surface area contributed by atoms with Crippen LogP contribution in [0.5, 0.6) is 11.5 Å². The van der Waals surface area contributed by atoms with Gasteiger partial charge in [0.25, 0.3) is 0 Å². The third-order valence-electron chi connectivity index (χ3n) is 4.31. The standard InChI is InChI=1S/C20H24O2S2Se2/c1-11(2)13-7-9-15(21-5)19-17(13)23-26-20-16(22-6)10-8-14(12(3)4)18(20)24-25-19/h7-12H,1-6H3. The van der Waals surface area contributed by atoms with Crippen LogP contribution in [0.1, 0.15) is 50.7 Å². The summed E-state index contributed by atoms with van der Waals surface area (Å²) in [5.74, 6) is 3.11. The Morgan fingerprint density at radius 1 is 0.692 bits per heavy atom. The zero-order valence-electron chi connectivity index (χ0n) is 15.9. The zero-order chi connectivity index (χ0) is 18.8. The van der Waals surface area contributed by atoms with Gasteiger partial charge < -0.3 is 0 Å². The van der Waals surface area contributed by atoms with E-state index >= 15 is 0 Å². The first-order chi connectivity index (χ1) is 12.5. The second kappa shape index (κ2) is 8.85. The van der Waals surface area contributed by atoms with E-state index in [-0.39, 0.29) is 27.7 Å². The molecule has 140 valence electrons. The van der Waals surface area contributed by atoms with Gasteiger partial charge in [0.2, 0.25) is 0 Å². The summed E-state index contributed by atoms with van der Waals surface area (Å²) in [4.78, 5) is 2.88. The number of benzene rings is 2. The predicted molar refractivity (Wildman–Crippen MR) is 117 cm³/mol. The molecule has 26 heavy (non-hydrogen) atoms. The molecule has 2 aromatic carbocycles. The quantitative estimate of drug-likeness (QED) is 0.561. The van der Waals surface area contributed by atoms with Gasteiger partial charge in [0.1, 0.15) is 0 Å². The normalized spacial score (nSPS) is 13.8. The van der Waals surface area contributed by atoms with Gasteiger partial charge in [-0.15, -0.1) is 0 Å². The summed E-state index contributed by atoms with van der Waals surface area (Å²) in [5, 5.41) is 0. The Bertz CT molecular complexity index is 739. The van der Waals surface area contributed by atoms with Crippen molar-refractivity contribution in [1.82, 2.24) is 0 Å². The van der Waals surface area contributed by atoms with E-state index in [1.54, 1.807) is 14.2 Å². The maximum absolute atomic E-state index is 5.73. The Hall–Kier alpha value is -0.221. The average molecular weight is 518 g/mol. The summed E-state index contributed by atoms with van der Waals surface area (Å²) >= 11 is 0.527. The maximum atomic E-state index is 5.73. The first kappa shape index (κ1) is 20.5. The van der Waals surface area contributed by atoms with E-state index in [9.17, 15) is 0 Å². The van der Waals surface area contributed by atoms with Crippen molar-refractivity contribution in [2.45, 2.75) is 49.3 Å². The van der Waals surface area contributed by atoms with E-state index in [0.717, 1.165) is 11.5 Å². The molecule has 0 unspecified atom stereocenters. The van der Waals surface area contributed by atoms with E-state index < -0.39 is 0 Å². The van der Waals surface area contributed by atoms with Gasteiger partial charge in [-0.3, -0.25) is 0 Å². The van der Waals surface area contributed by atoms with E-state index in [0.29, 0.717) is 11.8 Å². The van der Waals surface area contributed by atoms with Gasteiger partial charge in [-0.05, 0) is 0 Å². The summed E-state index contributed by atoms with van der Waals surface area (Å²) in [6, 6.07) is 8.80. The van der Waals surface area contributed by atoms with E-state index in [4.69, 9.17) is 9.47 Å². The van der Waals surface area contributed by atoms with Crippen LogP contribution in [0.3, 0.4) is 0 Å². The van der Waals surface area contributed by atoms with Crippen molar-refractivity contribution in [2.75, 3.05) is 14.2 Å².